The van der Waals surface area contributed by atoms with Crippen LogP contribution in [0.4, 0.5) is 5.95 Å². The Morgan fingerprint density at radius 3 is 2.55 bits per heavy atom. The number of nitrogens with zero attached hydrogens (tertiary/aromatic N) is 5. The van der Waals surface area contributed by atoms with Gasteiger partial charge in [0.1, 0.15) is 0 Å². The van der Waals surface area contributed by atoms with Gasteiger partial charge in [-0.3, -0.25) is 9.67 Å². The van der Waals surface area contributed by atoms with Crippen LogP contribution in [0.1, 0.15) is 62.5 Å². The molecule has 7 heteroatoms. The summed E-state index contributed by atoms with van der Waals surface area (Å²) in [6.45, 7) is 8.09. The Morgan fingerprint density at radius 2 is 1.86 bits per heavy atom. The second kappa shape index (κ2) is 7.40. The van der Waals surface area contributed by atoms with Crippen molar-refractivity contribution in [2.45, 2.75) is 46.3 Å². The Balaban J connectivity index is 1.73. The number of pyridine rings is 1. The van der Waals surface area contributed by atoms with Gasteiger partial charge < -0.3 is 10.8 Å². The average molecular weight is 390 g/mol. The lowest BCUT2D eigenvalue weighted by atomic mass is 9.99. The Kier molecular flexibility index (Phi) is 4.92. The van der Waals surface area contributed by atoms with Crippen LogP contribution in [0.5, 0.6) is 0 Å². The van der Waals surface area contributed by atoms with Gasteiger partial charge in [0, 0.05) is 47.1 Å². The highest BCUT2D eigenvalue weighted by atomic mass is 16.3. The number of aliphatic hydroxyl groups is 1. The predicted molar refractivity (Wildman–Crippen MR) is 113 cm³/mol. The van der Waals surface area contributed by atoms with Gasteiger partial charge in [-0.05, 0) is 31.9 Å². The topological polar surface area (TPSA) is 103 Å². The van der Waals surface area contributed by atoms with E-state index in [0.717, 1.165) is 34.4 Å². The van der Waals surface area contributed by atoms with Gasteiger partial charge in [0.2, 0.25) is 5.95 Å². The molecule has 7 nitrogen and oxygen atoms in total. The van der Waals surface area contributed by atoms with Crippen molar-refractivity contribution in [1.29, 1.82) is 0 Å². The molecule has 150 valence electrons. The maximum Gasteiger partial charge on any atom is 0.220 e. The van der Waals surface area contributed by atoms with Crippen LogP contribution in [0.25, 0.3) is 16.7 Å². The Bertz CT molecular complexity index is 1080. The molecular formula is C22H26N6O. The molecule has 0 fully saturated rings. The average Bonchev–Trinajstić information content (AvgIpc) is 3.33. The van der Waals surface area contributed by atoms with Gasteiger partial charge in [0.05, 0.1) is 29.4 Å². The lowest BCUT2D eigenvalue weighted by Gasteiger charge is -2.15. The Labute approximate surface area is 170 Å². The van der Waals surface area contributed by atoms with E-state index in [-0.39, 0.29) is 11.9 Å². The third-order valence-corrected chi connectivity index (χ3v) is 5.20. The first-order chi connectivity index (χ1) is 13.8. The van der Waals surface area contributed by atoms with Crippen LogP contribution < -0.4 is 5.73 Å². The number of allylic oxidation sites excluding steroid dienone is 1. The number of aliphatic hydroxyl groups excluding tert-OH is 1. The van der Waals surface area contributed by atoms with Crippen LogP contribution in [0.2, 0.25) is 0 Å². The molecule has 1 aliphatic carbocycles. The van der Waals surface area contributed by atoms with Gasteiger partial charge in [0.25, 0.3) is 0 Å². The largest absolute Gasteiger partial charge is 0.387 e. The molecule has 1 atom stereocenters. The van der Waals surface area contributed by atoms with Crippen molar-refractivity contribution in [2.75, 3.05) is 5.73 Å². The maximum atomic E-state index is 10.4. The third kappa shape index (κ3) is 3.65. The minimum Gasteiger partial charge on any atom is -0.387 e. The normalized spacial score (nSPS) is 14.4. The van der Waals surface area contributed by atoms with Crippen LogP contribution in [-0.2, 0) is 6.42 Å². The van der Waals surface area contributed by atoms with E-state index in [4.69, 9.17) is 5.73 Å². The molecule has 4 rings (SSSR count). The molecular weight excluding hydrogens is 364 g/mol. The number of nitrogens with two attached hydrogens (primary N) is 1. The fraction of sp³-hybridized carbons (Fsp3) is 0.364. The number of anilines is 1. The highest BCUT2D eigenvalue weighted by Gasteiger charge is 2.22. The Morgan fingerprint density at radius 1 is 1.07 bits per heavy atom. The Hall–Kier alpha value is -3.06. The number of hydrogen-bond donors (Lipinski definition) is 2. The molecule has 0 saturated carbocycles. The van der Waals surface area contributed by atoms with Crippen LogP contribution in [0, 0.1) is 5.92 Å². The summed E-state index contributed by atoms with van der Waals surface area (Å²) in [6, 6.07) is 4.25. The number of nitrogen functional groups attached to an aromatic ring is 1. The van der Waals surface area contributed by atoms with Crippen LogP contribution in [-0.4, -0.2) is 29.8 Å². The molecule has 29 heavy (non-hydrogen) atoms. The molecule has 0 aliphatic heterocycles. The van der Waals surface area contributed by atoms with Crippen LogP contribution in [0.15, 0.2) is 36.8 Å². The zero-order valence-electron chi connectivity index (χ0n) is 17.2. The van der Waals surface area contributed by atoms with Crippen molar-refractivity contribution in [3.05, 3.63) is 59.4 Å². The second-order valence-electron chi connectivity index (χ2n) is 8.07. The van der Waals surface area contributed by atoms with E-state index < -0.39 is 6.10 Å². The molecule has 1 unspecified atom stereocenters. The molecule has 0 amide bonds. The van der Waals surface area contributed by atoms with Crippen LogP contribution in [0.3, 0.4) is 0 Å². The first kappa shape index (κ1) is 19.3. The third-order valence-electron chi connectivity index (χ3n) is 5.20. The molecule has 3 aromatic heterocycles. The smallest absolute Gasteiger partial charge is 0.220 e. The molecule has 0 saturated heterocycles. The number of hydrogen-bond acceptors (Lipinski definition) is 6. The van der Waals surface area contributed by atoms with E-state index >= 15 is 0 Å². The highest BCUT2D eigenvalue weighted by molar-refractivity contribution is 5.84. The molecule has 3 aromatic rings. The molecule has 0 bridgehead atoms. The number of rotatable bonds is 5. The van der Waals surface area contributed by atoms with Gasteiger partial charge in [-0.25, -0.2) is 9.97 Å². The highest BCUT2D eigenvalue weighted by Crippen LogP contribution is 2.35. The second-order valence-corrected chi connectivity index (χ2v) is 8.07. The van der Waals surface area contributed by atoms with Gasteiger partial charge >= 0.3 is 0 Å². The molecule has 0 radical (unpaired) electrons. The van der Waals surface area contributed by atoms with E-state index in [1.54, 1.807) is 0 Å². The summed E-state index contributed by atoms with van der Waals surface area (Å²) in [5, 5.41) is 14.9. The van der Waals surface area contributed by atoms with Crippen molar-refractivity contribution in [1.82, 2.24) is 24.7 Å². The minimum atomic E-state index is -0.688. The first-order valence-corrected chi connectivity index (χ1v) is 9.90. The summed E-state index contributed by atoms with van der Waals surface area (Å²) in [5.74, 6) is 0.196. The monoisotopic (exact) mass is 390 g/mol. The molecule has 3 heterocycles. The summed E-state index contributed by atoms with van der Waals surface area (Å²) < 4.78 is 1.93. The quantitative estimate of drug-likeness (QED) is 0.690. The van der Waals surface area contributed by atoms with Crippen molar-refractivity contribution in [3.8, 4) is 11.1 Å². The number of fused-ring (bicyclic) bond motifs is 1. The van der Waals surface area contributed by atoms with Crippen molar-refractivity contribution in [2.24, 2.45) is 5.92 Å². The van der Waals surface area contributed by atoms with Crippen molar-refractivity contribution < 1.29 is 5.11 Å². The summed E-state index contributed by atoms with van der Waals surface area (Å²) in [4.78, 5) is 13.3. The lowest BCUT2D eigenvalue weighted by molar-refractivity contribution is 0.122. The zero-order chi connectivity index (χ0) is 20.7. The summed E-state index contributed by atoms with van der Waals surface area (Å²) in [5.41, 5.74) is 12.2. The zero-order valence-corrected chi connectivity index (χ0v) is 17.2. The van der Waals surface area contributed by atoms with Crippen LogP contribution >= 0.6 is 0 Å². The van der Waals surface area contributed by atoms with Crippen molar-refractivity contribution >= 4 is 11.5 Å². The van der Waals surface area contributed by atoms with E-state index in [1.807, 2.05) is 43.2 Å². The fourth-order valence-corrected chi connectivity index (χ4v) is 3.48. The van der Waals surface area contributed by atoms with E-state index in [9.17, 15) is 5.11 Å². The standard InChI is InChI=1S/C22H26N6O/c1-12(2)21(29)20-8-19(26-22(23)27-20)16-5-6-18-17(16)7-14(9-24-18)15-10-25-28(11-15)13(3)4/h5,7-13,21,29H,6H2,1-4H3,(H2,23,26,27). The first-order valence-electron chi connectivity index (χ1n) is 9.90. The molecule has 1 aliphatic rings. The van der Waals surface area contributed by atoms with E-state index in [0.29, 0.717) is 17.4 Å². The summed E-state index contributed by atoms with van der Waals surface area (Å²) >= 11 is 0. The SMILES string of the molecule is CC(C)C(O)c1cc(C2=CCc3ncc(-c4cnn(C(C)C)c4)cc32)nc(N)n1. The lowest BCUT2D eigenvalue weighted by Crippen LogP contribution is -2.11. The van der Waals surface area contributed by atoms with Crippen molar-refractivity contribution in [3.63, 3.8) is 0 Å². The predicted octanol–water partition coefficient (Wildman–Crippen LogP) is 3.58. The molecule has 3 N–H and O–H groups in total. The van der Waals surface area contributed by atoms with E-state index in [1.165, 1.54) is 0 Å². The van der Waals surface area contributed by atoms with Gasteiger partial charge in [-0.1, -0.05) is 19.9 Å². The summed E-state index contributed by atoms with van der Waals surface area (Å²) in [7, 11) is 0. The minimum absolute atomic E-state index is 0.0350. The fourth-order valence-electron chi connectivity index (χ4n) is 3.48. The summed E-state index contributed by atoms with van der Waals surface area (Å²) in [6.07, 6.45) is 7.94. The maximum absolute atomic E-state index is 10.4. The van der Waals surface area contributed by atoms with Gasteiger partial charge in [-0.15, -0.1) is 0 Å². The van der Waals surface area contributed by atoms with Gasteiger partial charge in [-0.2, -0.15) is 5.10 Å². The number of aromatic nitrogens is 5. The van der Waals surface area contributed by atoms with E-state index in [2.05, 4.69) is 46.0 Å². The van der Waals surface area contributed by atoms with Gasteiger partial charge in [0.15, 0.2) is 0 Å². The molecule has 0 aromatic carbocycles. The molecule has 0 spiro atoms.